The van der Waals surface area contributed by atoms with Gasteiger partial charge in [-0.15, -0.1) is 0 Å². The average Bonchev–Trinajstić information content (AvgIpc) is 3.58. The molecule has 6 rings (SSSR count). The second-order valence-corrected chi connectivity index (χ2v) is 11.6. The Balaban J connectivity index is 1.69. The zero-order valence-electron chi connectivity index (χ0n) is 20.7. The van der Waals surface area contributed by atoms with E-state index in [2.05, 4.69) is 14.7 Å². The molecule has 2 aliphatic rings. The molecule has 1 aromatic carbocycles. The fourth-order valence-electron chi connectivity index (χ4n) is 4.96. The molecule has 3 aromatic heterocycles. The number of ether oxygens (including phenoxy) is 1. The average molecular weight is 570 g/mol. The Hall–Kier alpha value is -4.59. The quantitative estimate of drug-likeness (QED) is 0.286. The van der Waals surface area contributed by atoms with Crippen LogP contribution in [-0.4, -0.2) is 46.6 Å². The van der Waals surface area contributed by atoms with Crippen LogP contribution >= 0.6 is 0 Å². The Morgan fingerprint density at radius 2 is 2.02 bits per heavy atom. The minimum absolute atomic E-state index is 0.0158. The van der Waals surface area contributed by atoms with Crippen molar-refractivity contribution in [3.63, 3.8) is 0 Å². The number of primary amides is 1. The van der Waals surface area contributed by atoms with Crippen molar-refractivity contribution < 1.29 is 31.5 Å². The lowest BCUT2D eigenvalue weighted by Crippen LogP contribution is -2.35. The van der Waals surface area contributed by atoms with E-state index >= 15 is 4.39 Å². The number of amides is 2. The van der Waals surface area contributed by atoms with Crippen molar-refractivity contribution >= 4 is 32.7 Å². The van der Waals surface area contributed by atoms with Crippen LogP contribution in [0.25, 0.3) is 22.0 Å². The summed E-state index contributed by atoms with van der Waals surface area (Å²) in [6.07, 6.45) is 3.30. The van der Waals surface area contributed by atoms with E-state index in [1.54, 1.807) is 0 Å². The van der Waals surface area contributed by atoms with Crippen molar-refractivity contribution in [2.45, 2.75) is 31.1 Å². The first-order valence-corrected chi connectivity index (χ1v) is 13.8. The van der Waals surface area contributed by atoms with E-state index < -0.39 is 51.0 Å². The van der Waals surface area contributed by atoms with Gasteiger partial charge < -0.3 is 20.0 Å². The monoisotopic (exact) mass is 569 g/mol. The zero-order valence-corrected chi connectivity index (χ0v) is 21.5. The summed E-state index contributed by atoms with van der Waals surface area (Å²) >= 11 is 0. The summed E-state index contributed by atoms with van der Waals surface area (Å²) in [5.74, 6) is -3.55. The molecular weight excluding hydrogens is 548 g/mol. The van der Waals surface area contributed by atoms with Gasteiger partial charge in [-0.3, -0.25) is 14.4 Å². The molecule has 4 N–H and O–H groups in total. The number of aromatic nitrogens is 3. The first-order chi connectivity index (χ1) is 19.1. The number of carbonyl (C=O) groups is 2. The molecule has 0 bridgehead atoms. The Labute approximate surface area is 225 Å². The third-order valence-corrected chi connectivity index (χ3v) is 8.80. The number of aromatic amines is 1. The fraction of sp³-hybridized carbons (Fsp3) is 0.231. The van der Waals surface area contributed by atoms with E-state index in [0.717, 1.165) is 18.3 Å². The number of hydrogen-bond acceptors (Lipinski definition) is 7. The number of sulfonamides is 1. The number of pyridine rings is 2. The summed E-state index contributed by atoms with van der Waals surface area (Å²) in [6.45, 7) is -0.358. The molecule has 1 aliphatic heterocycles. The number of carbonyl (C=O) groups excluding carboxylic acids is 2. The van der Waals surface area contributed by atoms with Crippen molar-refractivity contribution in [2.75, 3.05) is 6.61 Å². The number of halogens is 2. The number of nitrogens with two attached hydrogens (primary N) is 1. The van der Waals surface area contributed by atoms with Crippen LogP contribution in [0.15, 0.2) is 41.5 Å². The third-order valence-electron chi connectivity index (χ3n) is 6.98. The molecular formula is C26H21F2N5O6S. The number of H-pyrrole nitrogens is 1. The van der Waals surface area contributed by atoms with Crippen LogP contribution in [0, 0.1) is 11.8 Å². The standard InChI is InChI=1S/C26H21F2N5O6S/c27-17-9-18-20(22-15(17)5-7-39-22)19(16-2-1-6-30-25(16)35)21(26(36)32-40(37,38)14-3-4-14)33(18)11-13-8-12(24(29)34)10-31-23(13)28/h1-2,6,8-10,14H,3-5,7,11H2,(H2,29,34)(H,30,35)(H,32,36). The molecule has 0 spiro atoms. The van der Waals surface area contributed by atoms with Crippen LogP contribution in [0.3, 0.4) is 0 Å². The number of fused-ring (bicyclic) bond motifs is 3. The minimum atomic E-state index is -4.07. The zero-order chi connectivity index (χ0) is 28.3. The SMILES string of the molecule is NC(=O)c1cnc(F)c(Cn2c(C(=O)NS(=O)(=O)C3CC3)c(-c3ccc[nH]c3=O)c3c4c(c(F)cc32)CCO4)c1. The molecule has 0 saturated heterocycles. The van der Waals surface area contributed by atoms with Crippen LogP contribution in [0.1, 0.15) is 44.8 Å². The van der Waals surface area contributed by atoms with Gasteiger partial charge in [-0.05, 0) is 37.1 Å². The highest BCUT2D eigenvalue weighted by Crippen LogP contribution is 2.45. The van der Waals surface area contributed by atoms with Crippen molar-refractivity contribution in [3.05, 3.63) is 81.2 Å². The van der Waals surface area contributed by atoms with Crippen molar-refractivity contribution in [2.24, 2.45) is 5.73 Å². The van der Waals surface area contributed by atoms with Crippen LogP contribution in [0.4, 0.5) is 8.78 Å². The first kappa shape index (κ1) is 25.7. The molecule has 4 heterocycles. The van der Waals surface area contributed by atoms with Gasteiger partial charge in [0.2, 0.25) is 21.9 Å². The van der Waals surface area contributed by atoms with Crippen LogP contribution in [0.5, 0.6) is 5.75 Å². The normalized spacial score (nSPS) is 14.7. The van der Waals surface area contributed by atoms with Crippen LogP contribution < -0.4 is 20.8 Å². The molecule has 1 fully saturated rings. The van der Waals surface area contributed by atoms with Gasteiger partial charge in [-0.2, -0.15) is 4.39 Å². The third kappa shape index (κ3) is 4.20. The van der Waals surface area contributed by atoms with Crippen LogP contribution in [-0.2, 0) is 23.0 Å². The first-order valence-electron chi connectivity index (χ1n) is 12.3. The largest absolute Gasteiger partial charge is 0.492 e. The predicted octanol–water partition coefficient (Wildman–Crippen LogP) is 1.97. The molecule has 0 unspecified atom stereocenters. The van der Waals surface area contributed by atoms with E-state index in [0.29, 0.717) is 12.8 Å². The molecule has 1 aliphatic carbocycles. The summed E-state index contributed by atoms with van der Waals surface area (Å²) in [4.78, 5) is 44.6. The molecule has 206 valence electrons. The lowest BCUT2D eigenvalue weighted by atomic mass is 10.00. The van der Waals surface area contributed by atoms with Gasteiger partial charge in [-0.1, -0.05) is 0 Å². The molecule has 2 amide bonds. The maximum absolute atomic E-state index is 15.3. The lowest BCUT2D eigenvalue weighted by molar-refractivity contribution is 0.0970. The molecule has 40 heavy (non-hydrogen) atoms. The Bertz CT molecular complexity index is 1910. The summed E-state index contributed by atoms with van der Waals surface area (Å²) in [6, 6.07) is 5.19. The van der Waals surface area contributed by atoms with Crippen LogP contribution in [0.2, 0.25) is 0 Å². The summed E-state index contributed by atoms with van der Waals surface area (Å²) < 4.78 is 64.7. The maximum Gasteiger partial charge on any atom is 0.282 e. The second-order valence-electron chi connectivity index (χ2n) is 9.60. The van der Waals surface area contributed by atoms with E-state index in [9.17, 15) is 27.2 Å². The van der Waals surface area contributed by atoms with Crippen molar-refractivity contribution in [1.82, 2.24) is 19.3 Å². The Morgan fingerprint density at radius 3 is 2.73 bits per heavy atom. The minimum Gasteiger partial charge on any atom is -0.492 e. The Kier molecular flexibility index (Phi) is 5.94. The van der Waals surface area contributed by atoms with Gasteiger partial charge in [0.25, 0.3) is 11.5 Å². The molecule has 0 atom stereocenters. The van der Waals surface area contributed by atoms with Gasteiger partial charge in [-0.25, -0.2) is 22.5 Å². The van der Waals surface area contributed by atoms with Crippen molar-refractivity contribution in [3.8, 4) is 16.9 Å². The number of nitrogens with zero attached hydrogens (tertiary/aromatic N) is 2. The topological polar surface area (TPSA) is 166 Å². The van der Waals surface area contributed by atoms with E-state index in [-0.39, 0.29) is 63.2 Å². The predicted molar refractivity (Wildman–Crippen MR) is 138 cm³/mol. The van der Waals surface area contributed by atoms with Gasteiger partial charge in [0, 0.05) is 35.5 Å². The second kappa shape index (κ2) is 9.26. The highest BCUT2D eigenvalue weighted by molar-refractivity contribution is 7.91. The Morgan fingerprint density at radius 1 is 1.25 bits per heavy atom. The van der Waals surface area contributed by atoms with Gasteiger partial charge in [0.15, 0.2) is 0 Å². The molecule has 14 heteroatoms. The number of hydrogen-bond donors (Lipinski definition) is 3. The highest BCUT2D eigenvalue weighted by Gasteiger charge is 2.39. The molecule has 1 saturated carbocycles. The number of nitrogens with one attached hydrogen (secondary N) is 2. The summed E-state index contributed by atoms with van der Waals surface area (Å²) in [5.41, 5.74) is 4.29. The van der Waals surface area contributed by atoms with E-state index in [1.165, 1.54) is 22.9 Å². The van der Waals surface area contributed by atoms with Crippen molar-refractivity contribution in [1.29, 1.82) is 0 Å². The lowest BCUT2D eigenvalue weighted by Gasteiger charge is -2.14. The van der Waals surface area contributed by atoms with Gasteiger partial charge in [0.1, 0.15) is 17.3 Å². The van der Waals surface area contributed by atoms with Gasteiger partial charge >= 0.3 is 0 Å². The number of rotatable bonds is 7. The maximum atomic E-state index is 15.3. The number of benzene rings is 1. The van der Waals surface area contributed by atoms with E-state index in [1.807, 2.05) is 0 Å². The molecule has 11 nitrogen and oxygen atoms in total. The van der Waals surface area contributed by atoms with Gasteiger partial charge in [0.05, 0.1) is 40.4 Å². The van der Waals surface area contributed by atoms with E-state index in [4.69, 9.17) is 10.5 Å². The smallest absolute Gasteiger partial charge is 0.282 e. The summed E-state index contributed by atoms with van der Waals surface area (Å²) in [7, 11) is -4.07. The fourth-order valence-corrected chi connectivity index (χ4v) is 6.24. The summed E-state index contributed by atoms with van der Waals surface area (Å²) in [5, 5.41) is -0.573. The molecule has 0 radical (unpaired) electrons. The highest BCUT2D eigenvalue weighted by atomic mass is 32.2. The molecule has 4 aromatic rings.